The van der Waals surface area contributed by atoms with Crippen LogP contribution < -0.4 is 9.47 Å². The standard InChI is InChI=1S/C25H25NO4S/c1-18-9-11-22(12-10-18)31(27,28)26-14-13-21-15-19(2)24(29-3)25(23(21)16-26)30-17-20-7-5-4-6-8-20/h4-15H,16-17H2,1-3H3. The zero-order valence-electron chi connectivity index (χ0n) is 17.8. The molecule has 0 fully saturated rings. The van der Waals surface area contributed by atoms with Gasteiger partial charge in [-0.2, -0.15) is 0 Å². The number of fused-ring (bicyclic) bond motifs is 1. The summed E-state index contributed by atoms with van der Waals surface area (Å²) in [6.07, 6.45) is 3.43. The smallest absolute Gasteiger partial charge is 0.264 e. The number of nitrogens with zero attached hydrogens (tertiary/aromatic N) is 1. The molecule has 31 heavy (non-hydrogen) atoms. The summed E-state index contributed by atoms with van der Waals surface area (Å²) in [4.78, 5) is 0.261. The highest BCUT2D eigenvalue weighted by molar-refractivity contribution is 7.89. The first-order valence-electron chi connectivity index (χ1n) is 10.0. The summed E-state index contributed by atoms with van der Waals surface area (Å²) in [5, 5.41) is 0. The van der Waals surface area contributed by atoms with Gasteiger partial charge in [-0.3, -0.25) is 4.31 Å². The predicted octanol–water partition coefficient (Wildman–Crippen LogP) is 5.07. The van der Waals surface area contributed by atoms with E-state index in [0.717, 1.165) is 27.8 Å². The van der Waals surface area contributed by atoms with Crippen molar-refractivity contribution < 1.29 is 17.9 Å². The molecule has 0 saturated carbocycles. The SMILES string of the molecule is COc1c(C)cc2c(c1OCc1ccccc1)CN(S(=O)(=O)c1ccc(C)cc1)C=C2. The molecule has 160 valence electrons. The normalized spacial score (nSPS) is 13.1. The maximum absolute atomic E-state index is 13.2. The van der Waals surface area contributed by atoms with Gasteiger partial charge >= 0.3 is 0 Å². The monoisotopic (exact) mass is 435 g/mol. The molecule has 0 amide bonds. The molecule has 0 spiro atoms. The molecule has 5 nitrogen and oxygen atoms in total. The van der Waals surface area contributed by atoms with E-state index < -0.39 is 10.0 Å². The van der Waals surface area contributed by atoms with Crippen LogP contribution in [0, 0.1) is 13.8 Å². The van der Waals surface area contributed by atoms with Crippen molar-refractivity contribution >= 4 is 16.1 Å². The van der Waals surface area contributed by atoms with Gasteiger partial charge in [0.1, 0.15) is 6.61 Å². The van der Waals surface area contributed by atoms with Crippen molar-refractivity contribution in [2.45, 2.75) is 31.9 Å². The Morgan fingerprint density at radius 1 is 0.968 bits per heavy atom. The van der Waals surface area contributed by atoms with Crippen LogP contribution >= 0.6 is 0 Å². The Hall–Kier alpha value is -3.25. The molecule has 6 heteroatoms. The predicted molar refractivity (Wildman–Crippen MR) is 121 cm³/mol. The molecule has 0 atom stereocenters. The van der Waals surface area contributed by atoms with Crippen molar-refractivity contribution in [2.75, 3.05) is 7.11 Å². The molecular formula is C25H25NO4S. The zero-order chi connectivity index (χ0) is 22.0. The summed E-state index contributed by atoms with van der Waals surface area (Å²) in [7, 11) is -2.08. The van der Waals surface area contributed by atoms with E-state index in [-0.39, 0.29) is 11.4 Å². The van der Waals surface area contributed by atoms with Gasteiger partial charge in [-0.25, -0.2) is 8.42 Å². The molecule has 0 unspecified atom stereocenters. The van der Waals surface area contributed by atoms with Crippen LogP contribution in [0.1, 0.15) is 27.8 Å². The van der Waals surface area contributed by atoms with Gasteiger partial charge < -0.3 is 9.47 Å². The Morgan fingerprint density at radius 2 is 1.68 bits per heavy atom. The summed E-state index contributed by atoms with van der Waals surface area (Å²) < 4.78 is 39.6. The van der Waals surface area contributed by atoms with Gasteiger partial charge in [0.2, 0.25) is 0 Å². The maximum Gasteiger partial charge on any atom is 0.264 e. The molecule has 4 rings (SSSR count). The van der Waals surface area contributed by atoms with Crippen LogP contribution in [0.3, 0.4) is 0 Å². The molecule has 0 aromatic heterocycles. The van der Waals surface area contributed by atoms with E-state index >= 15 is 0 Å². The minimum absolute atomic E-state index is 0.169. The fraction of sp³-hybridized carbons (Fsp3) is 0.200. The van der Waals surface area contributed by atoms with Crippen molar-refractivity contribution in [3.8, 4) is 11.5 Å². The van der Waals surface area contributed by atoms with E-state index in [4.69, 9.17) is 9.47 Å². The van der Waals surface area contributed by atoms with E-state index in [1.807, 2.05) is 56.3 Å². The lowest BCUT2D eigenvalue weighted by Gasteiger charge is -2.28. The highest BCUT2D eigenvalue weighted by atomic mass is 32.2. The van der Waals surface area contributed by atoms with Crippen LogP contribution in [0.5, 0.6) is 11.5 Å². The third-order valence-electron chi connectivity index (χ3n) is 5.35. The first kappa shape index (κ1) is 21.0. The minimum atomic E-state index is -3.68. The molecule has 1 aliphatic heterocycles. The maximum atomic E-state index is 13.2. The number of benzene rings is 3. The molecule has 0 bridgehead atoms. The van der Waals surface area contributed by atoms with Crippen LogP contribution in [0.15, 0.2) is 71.8 Å². The first-order valence-corrected chi connectivity index (χ1v) is 11.5. The Bertz CT molecular complexity index is 1220. The highest BCUT2D eigenvalue weighted by Gasteiger charge is 2.28. The third-order valence-corrected chi connectivity index (χ3v) is 7.09. The number of aryl methyl sites for hydroxylation is 2. The lowest BCUT2D eigenvalue weighted by Crippen LogP contribution is -2.28. The summed E-state index contributed by atoms with van der Waals surface area (Å²) in [5.41, 5.74) is 4.68. The van der Waals surface area contributed by atoms with Crippen LogP contribution in [0.2, 0.25) is 0 Å². The summed E-state index contributed by atoms with van der Waals surface area (Å²) >= 11 is 0. The van der Waals surface area contributed by atoms with Crippen molar-refractivity contribution in [3.63, 3.8) is 0 Å². The first-order chi connectivity index (χ1) is 14.9. The lowest BCUT2D eigenvalue weighted by atomic mass is 10.00. The van der Waals surface area contributed by atoms with E-state index in [2.05, 4.69) is 0 Å². The quantitative estimate of drug-likeness (QED) is 0.543. The van der Waals surface area contributed by atoms with Gasteiger partial charge in [0, 0.05) is 11.8 Å². The largest absolute Gasteiger partial charge is 0.493 e. The molecular weight excluding hydrogens is 410 g/mol. The van der Waals surface area contributed by atoms with Crippen molar-refractivity contribution in [1.82, 2.24) is 4.31 Å². The molecule has 0 aliphatic carbocycles. The van der Waals surface area contributed by atoms with Gasteiger partial charge in [0.25, 0.3) is 10.0 Å². The lowest BCUT2D eigenvalue weighted by molar-refractivity contribution is 0.278. The van der Waals surface area contributed by atoms with Crippen LogP contribution in [0.4, 0.5) is 0 Å². The number of methoxy groups -OCH3 is 1. The van der Waals surface area contributed by atoms with E-state index in [1.54, 1.807) is 37.6 Å². The van der Waals surface area contributed by atoms with E-state index in [9.17, 15) is 8.42 Å². The second-order valence-corrected chi connectivity index (χ2v) is 9.47. The second-order valence-electron chi connectivity index (χ2n) is 7.58. The van der Waals surface area contributed by atoms with Gasteiger partial charge in [0.05, 0.1) is 18.6 Å². The van der Waals surface area contributed by atoms with Gasteiger partial charge in [-0.1, -0.05) is 48.0 Å². The zero-order valence-corrected chi connectivity index (χ0v) is 18.6. The summed E-state index contributed by atoms with van der Waals surface area (Å²) in [6, 6.07) is 18.7. The Kier molecular flexibility index (Phi) is 5.74. The van der Waals surface area contributed by atoms with Gasteiger partial charge in [0.15, 0.2) is 11.5 Å². The third kappa shape index (κ3) is 4.16. The van der Waals surface area contributed by atoms with Crippen LogP contribution in [0.25, 0.3) is 6.08 Å². The summed E-state index contributed by atoms with van der Waals surface area (Å²) in [6.45, 7) is 4.42. The van der Waals surface area contributed by atoms with E-state index in [1.165, 1.54) is 4.31 Å². The molecule has 1 aliphatic rings. The average Bonchev–Trinajstić information content (AvgIpc) is 2.78. The van der Waals surface area contributed by atoms with Crippen molar-refractivity contribution in [2.24, 2.45) is 0 Å². The minimum Gasteiger partial charge on any atom is -0.493 e. The van der Waals surface area contributed by atoms with Gasteiger partial charge in [-0.15, -0.1) is 0 Å². The van der Waals surface area contributed by atoms with Gasteiger partial charge in [-0.05, 0) is 54.8 Å². The molecule has 1 heterocycles. The second kappa shape index (κ2) is 8.47. The number of hydrogen-bond acceptors (Lipinski definition) is 4. The topological polar surface area (TPSA) is 55.8 Å². The molecule has 0 N–H and O–H groups in total. The highest BCUT2D eigenvalue weighted by Crippen LogP contribution is 2.41. The van der Waals surface area contributed by atoms with Crippen LogP contribution in [-0.4, -0.2) is 19.8 Å². The molecule has 0 saturated heterocycles. The Balaban J connectivity index is 1.71. The number of hydrogen-bond donors (Lipinski definition) is 0. The average molecular weight is 436 g/mol. The summed E-state index contributed by atoms with van der Waals surface area (Å²) in [5.74, 6) is 1.20. The molecule has 3 aromatic carbocycles. The van der Waals surface area contributed by atoms with Crippen molar-refractivity contribution in [1.29, 1.82) is 0 Å². The number of rotatable bonds is 6. The fourth-order valence-electron chi connectivity index (χ4n) is 3.66. The molecule has 0 radical (unpaired) electrons. The van der Waals surface area contributed by atoms with Crippen molar-refractivity contribution in [3.05, 3.63) is 94.7 Å². The number of ether oxygens (including phenoxy) is 2. The Morgan fingerprint density at radius 3 is 2.35 bits per heavy atom. The van der Waals surface area contributed by atoms with Crippen LogP contribution in [-0.2, 0) is 23.2 Å². The number of sulfonamides is 1. The molecule has 3 aromatic rings. The van der Waals surface area contributed by atoms with E-state index in [0.29, 0.717) is 18.1 Å². The Labute approximate surface area is 183 Å². The fourth-order valence-corrected chi connectivity index (χ4v) is 4.93.